The van der Waals surface area contributed by atoms with Gasteiger partial charge in [0.2, 0.25) is 10.6 Å². The second-order valence-electron chi connectivity index (χ2n) is 7.45. The van der Waals surface area contributed by atoms with Crippen molar-refractivity contribution in [2.24, 2.45) is 5.92 Å². The molecule has 0 amide bonds. The van der Waals surface area contributed by atoms with Crippen molar-refractivity contribution in [1.29, 1.82) is 0 Å². The van der Waals surface area contributed by atoms with Crippen LogP contribution in [-0.4, -0.2) is 62.6 Å². The number of carboxylic acid groups (broad SMARTS) is 1. The lowest BCUT2D eigenvalue weighted by atomic mass is 9.92. The predicted octanol–water partition coefficient (Wildman–Crippen LogP) is 1.90. The zero-order chi connectivity index (χ0) is 22.8. The summed E-state index contributed by atoms with van der Waals surface area (Å²) in [4.78, 5) is 46.4. The van der Waals surface area contributed by atoms with Gasteiger partial charge in [-0.25, -0.2) is 19.2 Å². The number of carboxylic acids is 1. The third-order valence-electron chi connectivity index (χ3n) is 5.36. The first-order chi connectivity index (χ1) is 15.4. The molecule has 1 aliphatic rings. The van der Waals surface area contributed by atoms with Gasteiger partial charge in [-0.15, -0.1) is 0 Å². The number of rotatable bonds is 9. The number of Topliss-reactive ketones (excluding diaryl/α,β-unsaturated/α-hetero) is 1. The van der Waals surface area contributed by atoms with Gasteiger partial charge in [0.25, 0.3) is 0 Å². The number of fused-ring (bicyclic) bond motifs is 1. The van der Waals surface area contributed by atoms with Crippen molar-refractivity contribution in [3.05, 3.63) is 40.2 Å². The van der Waals surface area contributed by atoms with E-state index in [2.05, 4.69) is 14.3 Å². The minimum absolute atomic E-state index is 0.00155. The zero-order valence-corrected chi connectivity index (χ0v) is 18.0. The largest absolute Gasteiger partial charge is 0.477 e. The van der Waals surface area contributed by atoms with Crippen LogP contribution in [0.15, 0.2) is 23.4 Å². The minimum atomic E-state index is -1.44. The van der Waals surface area contributed by atoms with Crippen molar-refractivity contribution in [3.8, 4) is 5.13 Å². The van der Waals surface area contributed by atoms with Crippen molar-refractivity contribution in [3.63, 3.8) is 0 Å². The predicted molar refractivity (Wildman–Crippen MR) is 114 cm³/mol. The van der Waals surface area contributed by atoms with E-state index < -0.39 is 22.8 Å². The molecule has 32 heavy (non-hydrogen) atoms. The Hall–Kier alpha value is -3.25. The molecule has 10 nitrogen and oxygen atoms in total. The number of carbonyl (C=O) groups excluding carboxylic acids is 1. The molecule has 0 spiro atoms. The first kappa shape index (κ1) is 22.0. The molecule has 3 aromatic rings. The van der Waals surface area contributed by atoms with E-state index in [9.17, 15) is 23.9 Å². The zero-order valence-electron chi connectivity index (χ0n) is 17.2. The second-order valence-corrected chi connectivity index (χ2v) is 8.21. The molecule has 0 aromatic carbocycles. The molecule has 1 aliphatic heterocycles. The number of ketones is 1. The van der Waals surface area contributed by atoms with Crippen LogP contribution >= 0.6 is 11.5 Å². The van der Waals surface area contributed by atoms with Gasteiger partial charge in [0.15, 0.2) is 17.3 Å². The van der Waals surface area contributed by atoms with Crippen LogP contribution < -0.4 is 10.3 Å². The first-order valence-corrected chi connectivity index (χ1v) is 10.7. The Bertz CT molecular complexity index is 1220. The second kappa shape index (κ2) is 9.09. The van der Waals surface area contributed by atoms with Crippen LogP contribution in [-0.2, 0) is 9.53 Å². The van der Waals surface area contributed by atoms with E-state index in [1.54, 1.807) is 12.0 Å². The fraction of sp³-hybridized carbons (Fsp3) is 0.400. The highest BCUT2D eigenvalue weighted by Crippen LogP contribution is 2.29. The van der Waals surface area contributed by atoms with Crippen LogP contribution in [0.4, 0.5) is 10.2 Å². The van der Waals surface area contributed by atoms with Gasteiger partial charge in [-0.1, -0.05) is 0 Å². The molecule has 0 saturated carbocycles. The molecule has 0 atom stereocenters. The number of nitrogens with zero attached hydrogens (tertiary/aromatic N) is 5. The molecule has 0 bridgehead atoms. The highest BCUT2D eigenvalue weighted by atomic mass is 32.1. The van der Waals surface area contributed by atoms with E-state index in [1.165, 1.54) is 10.9 Å². The Morgan fingerprint density at radius 2 is 2.12 bits per heavy atom. The summed E-state index contributed by atoms with van der Waals surface area (Å²) in [5, 5.41) is 9.49. The highest BCUT2D eigenvalue weighted by molar-refractivity contribution is 7.08. The van der Waals surface area contributed by atoms with E-state index in [4.69, 9.17) is 4.74 Å². The molecule has 1 saturated heterocycles. The number of anilines is 1. The van der Waals surface area contributed by atoms with E-state index in [0.717, 1.165) is 36.6 Å². The monoisotopic (exact) mass is 461 g/mol. The third kappa shape index (κ3) is 4.10. The Balaban J connectivity index is 1.64. The number of ether oxygens (including phenoxy) is 1. The van der Waals surface area contributed by atoms with Crippen molar-refractivity contribution in [2.45, 2.75) is 19.3 Å². The quantitative estimate of drug-likeness (QED) is 0.475. The number of aromatic nitrogens is 4. The number of carbonyl (C=O) groups is 2. The molecule has 4 heterocycles. The van der Waals surface area contributed by atoms with E-state index >= 15 is 0 Å². The lowest BCUT2D eigenvalue weighted by Gasteiger charge is -2.39. The third-order valence-corrected chi connectivity index (χ3v) is 6.02. The lowest BCUT2D eigenvalue weighted by Crippen LogP contribution is -2.51. The maximum atomic E-state index is 14.9. The summed E-state index contributed by atoms with van der Waals surface area (Å²) in [5.74, 6) is -2.27. The van der Waals surface area contributed by atoms with Gasteiger partial charge >= 0.3 is 5.97 Å². The SMILES string of the molecule is COCCCCC(=O)C1CN(c2nc3c(cc2F)c(=O)c(C(=O)O)cn3-c2ncns2)C1. The number of unbranched alkanes of at least 4 members (excludes halogenated alkanes) is 1. The fourth-order valence-corrected chi connectivity index (χ4v) is 4.12. The summed E-state index contributed by atoms with van der Waals surface area (Å²) in [6.45, 7) is 1.26. The molecule has 1 N–H and O–H groups in total. The van der Waals surface area contributed by atoms with Crippen LogP contribution in [0.5, 0.6) is 0 Å². The summed E-state index contributed by atoms with van der Waals surface area (Å²) in [7, 11) is 1.61. The maximum Gasteiger partial charge on any atom is 0.341 e. The topological polar surface area (TPSA) is 128 Å². The average molecular weight is 461 g/mol. The Morgan fingerprint density at radius 1 is 1.34 bits per heavy atom. The maximum absolute atomic E-state index is 14.9. The van der Waals surface area contributed by atoms with Gasteiger partial charge in [-0.2, -0.15) is 4.37 Å². The molecule has 12 heteroatoms. The van der Waals surface area contributed by atoms with Crippen molar-refractivity contribution in [1.82, 2.24) is 18.9 Å². The standard InChI is InChI=1S/C20H20FN5O5S/c1-31-5-3-2-4-15(27)11-7-25(8-11)18-14(21)6-12-16(28)13(19(29)30)9-26(17(12)24-18)20-22-10-23-32-20/h6,9-11H,2-5,7-8H2,1H3,(H,29,30). The Kier molecular flexibility index (Phi) is 6.24. The molecule has 0 radical (unpaired) electrons. The van der Waals surface area contributed by atoms with Gasteiger partial charge in [-0.05, 0) is 18.9 Å². The van der Waals surface area contributed by atoms with E-state index in [1.807, 2.05) is 0 Å². The smallest absolute Gasteiger partial charge is 0.341 e. The lowest BCUT2D eigenvalue weighted by molar-refractivity contribution is -0.123. The molecule has 168 valence electrons. The number of pyridine rings is 2. The van der Waals surface area contributed by atoms with Crippen molar-refractivity contribution < 1.29 is 23.8 Å². The average Bonchev–Trinajstić information content (AvgIpc) is 3.26. The normalized spacial score (nSPS) is 14.0. The van der Waals surface area contributed by atoms with E-state index in [-0.39, 0.29) is 33.7 Å². The summed E-state index contributed by atoms with van der Waals surface area (Å²) in [6.07, 6.45) is 4.40. The minimum Gasteiger partial charge on any atom is -0.477 e. The van der Waals surface area contributed by atoms with Gasteiger partial charge in [0.1, 0.15) is 17.7 Å². The van der Waals surface area contributed by atoms with Gasteiger partial charge in [0.05, 0.1) is 11.3 Å². The molecular weight excluding hydrogens is 441 g/mol. The first-order valence-electron chi connectivity index (χ1n) is 9.93. The number of methoxy groups -OCH3 is 1. The summed E-state index contributed by atoms with van der Waals surface area (Å²) < 4.78 is 25.1. The Labute approximate surface area is 185 Å². The van der Waals surface area contributed by atoms with Crippen LogP contribution in [0.3, 0.4) is 0 Å². The number of aromatic carboxylic acids is 1. The van der Waals surface area contributed by atoms with Crippen molar-refractivity contribution >= 4 is 40.1 Å². The molecule has 0 aliphatic carbocycles. The van der Waals surface area contributed by atoms with Gasteiger partial charge in [-0.3, -0.25) is 14.2 Å². The van der Waals surface area contributed by atoms with Crippen LogP contribution in [0.2, 0.25) is 0 Å². The fourth-order valence-electron chi connectivity index (χ4n) is 3.61. The summed E-state index contributed by atoms with van der Waals surface area (Å²) in [5.41, 5.74) is -1.29. The van der Waals surface area contributed by atoms with Gasteiger partial charge < -0.3 is 14.7 Å². The molecule has 1 fully saturated rings. The van der Waals surface area contributed by atoms with Crippen LogP contribution in [0, 0.1) is 11.7 Å². The van der Waals surface area contributed by atoms with E-state index in [0.29, 0.717) is 26.1 Å². The van der Waals surface area contributed by atoms with Crippen LogP contribution in [0.25, 0.3) is 16.2 Å². The van der Waals surface area contributed by atoms with Gasteiger partial charge in [0, 0.05) is 51.0 Å². The summed E-state index contributed by atoms with van der Waals surface area (Å²) in [6, 6.07) is 0.990. The molecule has 3 aromatic heterocycles. The highest BCUT2D eigenvalue weighted by Gasteiger charge is 2.35. The number of hydrogen-bond acceptors (Lipinski definition) is 9. The molecular formula is C20H20FN5O5S. The molecule has 4 rings (SSSR count). The number of hydrogen-bond donors (Lipinski definition) is 1. The molecule has 0 unspecified atom stereocenters. The van der Waals surface area contributed by atoms with Crippen LogP contribution in [0.1, 0.15) is 29.6 Å². The Morgan fingerprint density at radius 3 is 2.78 bits per heavy atom. The summed E-state index contributed by atoms with van der Waals surface area (Å²) >= 11 is 0.977. The van der Waals surface area contributed by atoms with Crippen molar-refractivity contribution in [2.75, 3.05) is 31.7 Å². The number of halogens is 1.